The molecule has 1 N–H and O–H groups in total. The van der Waals surface area contributed by atoms with Crippen LogP contribution in [0.3, 0.4) is 0 Å². The molecule has 2 aliphatic heterocycles. The molecule has 2 aromatic carbocycles. The van der Waals surface area contributed by atoms with Crippen LogP contribution in [0.15, 0.2) is 59.5 Å². The summed E-state index contributed by atoms with van der Waals surface area (Å²) in [5, 5.41) is 10.6. The van der Waals surface area contributed by atoms with Gasteiger partial charge < -0.3 is 24.1 Å². The zero-order valence-electron chi connectivity index (χ0n) is 18.6. The van der Waals surface area contributed by atoms with Gasteiger partial charge in [0, 0.05) is 6.54 Å². The van der Waals surface area contributed by atoms with E-state index in [-0.39, 0.29) is 11.4 Å². The molecule has 178 valence electrons. The lowest BCUT2D eigenvalue weighted by Gasteiger charge is -2.40. The number of rotatable bonds is 6. The Morgan fingerprint density at radius 1 is 1.09 bits per heavy atom. The van der Waals surface area contributed by atoms with Crippen LogP contribution < -0.4 is 4.74 Å². The molecular weight excluding hydrogens is 450 g/mol. The molecule has 2 unspecified atom stereocenters. The number of benzene rings is 2. The molecule has 2 aromatic rings. The van der Waals surface area contributed by atoms with Crippen molar-refractivity contribution >= 4 is 16.0 Å². The summed E-state index contributed by atoms with van der Waals surface area (Å²) in [5.74, 6) is -1.37. The van der Waals surface area contributed by atoms with Crippen LogP contribution >= 0.6 is 0 Å². The largest absolute Gasteiger partial charge is 0.489 e. The van der Waals surface area contributed by atoms with Gasteiger partial charge >= 0.3 is 5.97 Å². The van der Waals surface area contributed by atoms with Gasteiger partial charge in [-0.15, -0.1) is 0 Å². The number of aliphatic hydroxyl groups excluding tert-OH is 1. The maximum atomic E-state index is 13.5. The van der Waals surface area contributed by atoms with E-state index in [0.29, 0.717) is 12.4 Å². The van der Waals surface area contributed by atoms with E-state index in [1.165, 1.54) is 19.2 Å². The molecule has 9 nitrogen and oxygen atoms in total. The van der Waals surface area contributed by atoms with E-state index >= 15 is 0 Å². The summed E-state index contributed by atoms with van der Waals surface area (Å²) in [6, 6.07) is 14.2. The van der Waals surface area contributed by atoms with Crippen molar-refractivity contribution in [3.63, 3.8) is 0 Å². The molecule has 0 aromatic heterocycles. The van der Waals surface area contributed by atoms with Crippen molar-refractivity contribution < 1.29 is 37.3 Å². The summed E-state index contributed by atoms with van der Waals surface area (Å²) in [6.45, 7) is 3.28. The number of aliphatic hydroxyl groups is 1. The van der Waals surface area contributed by atoms with Crippen molar-refractivity contribution in [2.24, 2.45) is 0 Å². The fraction of sp³-hybridized carbons (Fsp3) is 0.435. The smallest absolute Gasteiger partial charge is 0.327 e. The Kier molecular flexibility index (Phi) is 6.47. The first-order valence-corrected chi connectivity index (χ1v) is 12.0. The Labute approximate surface area is 192 Å². The molecule has 0 amide bonds. The van der Waals surface area contributed by atoms with Crippen molar-refractivity contribution in [2.75, 3.05) is 13.7 Å². The predicted octanol–water partition coefficient (Wildman–Crippen LogP) is 1.69. The third kappa shape index (κ3) is 4.75. The quantitative estimate of drug-likeness (QED) is 0.626. The first kappa shape index (κ1) is 23.7. The van der Waals surface area contributed by atoms with Crippen LogP contribution in [-0.2, 0) is 35.6 Å². The van der Waals surface area contributed by atoms with Crippen LogP contribution in [0.2, 0.25) is 0 Å². The van der Waals surface area contributed by atoms with Crippen LogP contribution in [0.4, 0.5) is 0 Å². The van der Waals surface area contributed by atoms with Gasteiger partial charge in [-0.1, -0.05) is 30.3 Å². The molecule has 33 heavy (non-hydrogen) atoms. The fourth-order valence-corrected chi connectivity index (χ4v) is 5.73. The number of carbonyl (C=O) groups excluding carboxylic acids is 1. The Hall–Kier alpha value is -2.50. The van der Waals surface area contributed by atoms with Crippen molar-refractivity contribution in [2.45, 2.75) is 55.5 Å². The lowest BCUT2D eigenvalue weighted by molar-refractivity contribution is -0.160. The van der Waals surface area contributed by atoms with Crippen molar-refractivity contribution in [3.05, 3.63) is 60.2 Å². The van der Waals surface area contributed by atoms with Crippen molar-refractivity contribution in [1.29, 1.82) is 0 Å². The average molecular weight is 478 g/mol. The summed E-state index contributed by atoms with van der Waals surface area (Å²) in [5.41, 5.74) is 0.980. The third-order valence-corrected chi connectivity index (χ3v) is 7.51. The number of ether oxygens (including phenoxy) is 4. The molecule has 0 radical (unpaired) electrons. The van der Waals surface area contributed by atoms with E-state index in [9.17, 15) is 18.3 Å². The minimum absolute atomic E-state index is 0.0488. The maximum absolute atomic E-state index is 13.5. The number of carbonyl (C=O) groups is 1. The Balaban J connectivity index is 1.57. The number of hydrogen-bond acceptors (Lipinski definition) is 8. The van der Waals surface area contributed by atoms with E-state index in [4.69, 9.17) is 18.9 Å². The molecule has 0 saturated carbocycles. The van der Waals surface area contributed by atoms with Crippen LogP contribution in [0.5, 0.6) is 5.75 Å². The zero-order valence-corrected chi connectivity index (χ0v) is 19.4. The van der Waals surface area contributed by atoms with Crippen LogP contribution in [0.25, 0.3) is 0 Å². The van der Waals surface area contributed by atoms with Crippen LogP contribution in [0, 0.1) is 0 Å². The van der Waals surface area contributed by atoms with E-state index in [0.717, 1.165) is 9.87 Å². The standard InChI is InChI=1S/C23H27NO8S/c1-23(2)31-20-18(25)13-24(19(21(20)32-23)22(26)29-3)33(27,28)17-11-9-16(10-12-17)30-14-15-7-5-4-6-8-15/h4-12,18-21,25H,13-14H2,1-3H3/t18-,19+,20?,21?/m0/s1. The highest BCUT2D eigenvalue weighted by Gasteiger charge is 2.58. The average Bonchev–Trinajstić information content (AvgIpc) is 3.13. The highest BCUT2D eigenvalue weighted by molar-refractivity contribution is 7.89. The van der Waals surface area contributed by atoms with Gasteiger partial charge in [-0.05, 0) is 43.7 Å². The summed E-state index contributed by atoms with van der Waals surface area (Å²) in [4.78, 5) is 12.6. The topological polar surface area (TPSA) is 112 Å². The molecule has 0 aliphatic carbocycles. The molecule has 2 aliphatic rings. The minimum Gasteiger partial charge on any atom is -0.489 e. The maximum Gasteiger partial charge on any atom is 0.327 e. The summed E-state index contributed by atoms with van der Waals surface area (Å²) >= 11 is 0. The van der Waals surface area contributed by atoms with Gasteiger partial charge in [-0.3, -0.25) is 4.79 Å². The molecule has 4 atom stereocenters. The summed E-state index contributed by atoms with van der Waals surface area (Å²) in [6.07, 6.45) is -3.05. The van der Waals surface area contributed by atoms with Crippen molar-refractivity contribution in [3.8, 4) is 5.75 Å². The second-order valence-electron chi connectivity index (χ2n) is 8.42. The first-order valence-electron chi connectivity index (χ1n) is 10.5. The summed E-state index contributed by atoms with van der Waals surface area (Å²) < 4.78 is 50.0. The molecule has 2 heterocycles. The molecule has 0 spiro atoms. The highest BCUT2D eigenvalue weighted by atomic mass is 32.2. The third-order valence-electron chi connectivity index (χ3n) is 5.65. The van der Waals surface area contributed by atoms with Crippen LogP contribution in [0.1, 0.15) is 19.4 Å². The highest BCUT2D eigenvalue weighted by Crippen LogP contribution is 2.39. The Bertz CT molecular complexity index is 1090. The normalized spacial score (nSPS) is 27.0. The second kappa shape index (κ2) is 9.03. The number of β-amino-alcohol motifs (C(OH)–C–C–N with tert-alkyl or cyclic N) is 1. The number of nitrogens with zero attached hydrogens (tertiary/aromatic N) is 1. The molecule has 4 rings (SSSR count). The van der Waals surface area contributed by atoms with Gasteiger partial charge in [0.2, 0.25) is 10.0 Å². The second-order valence-corrected chi connectivity index (χ2v) is 10.3. The molecule has 2 saturated heterocycles. The van der Waals surface area contributed by atoms with E-state index in [1.54, 1.807) is 26.0 Å². The number of hydrogen-bond donors (Lipinski definition) is 1. The van der Waals surface area contributed by atoms with E-state index < -0.39 is 46.1 Å². The van der Waals surface area contributed by atoms with Crippen LogP contribution in [-0.4, -0.2) is 67.6 Å². The number of fused-ring (bicyclic) bond motifs is 1. The van der Waals surface area contributed by atoms with Gasteiger partial charge in [-0.2, -0.15) is 4.31 Å². The number of sulfonamides is 1. The fourth-order valence-electron chi connectivity index (χ4n) is 4.13. The molecule has 10 heteroatoms. The number of methoxy groups -OCH3 is 1. The van der Waals surface area contributed by atoms with Gasteiger partial charge in [0.15, 0.2) is 11.8 Å². The van der Waals surface area contributed by atoms with Crippen molar-refractivity contribution in [1.82, 2.24) is 4.31 Å². The van der Waals surface area contributed by atoms with Gasteiger partial charge in [0.1, 0.15) is 24.6 Å². The molecule has 2 fully saturated rings. The zero-order chi connectivity index (χ0) is 23.8. The molecule has 0 bridgehead atoms. The van der Waals surface area contributed by atoms with Gasteiger partial charge in [-0.25, -0.2) is 8.42 Å². The van der Waals surface area contributed by atoms with E-state index in [1.807, 2.05) is 30.3 Å². The predicted molar refractivity (Wildman–Crippen MR) is 117 cm³/mol. The number of piperidine rings is 1. The minimum atomic E-state index is -4.18. The SMILES string of the molecule is COC(=O)[C@H]1C2OC(C)(C)OC2[C@@H](O)CN1S(=O)(=O)c1ccc(OCc2ccccc2)cc1. The summed E-state index contributed by atoms with van der Waals surface area (Å²) in [7, 11) is -3.00. The molecular formula is C23H27NO8S. The van der Waals surface area contributed by atoms with E-state index in [2.05, 4.69) is 0 Å². The number of esters is 1. The lowest BCUT2D eigenvalue weighted by atomic mass is 9.96. The lowest BCUT2D eigenvalue weighted by Crippen LogP contribution is -2.64. The monoisotopic (exact) mass is 477 g/mol. The first-order chi connectivity index (χ1) is 15.6. The Morgan fingerprint density at radius 2 is 1.73 bits per heavy atom. The Morgan fingerprint density at radius 3 is 2.36 bits per heavy atom. The van der Waals surface area contributed by atoms with Gasteiger partial charge in [0.05, 0.1) is 18.1 Å². The van der Waals surface area contributed by atoms with Gasteiger partial charge in [0.25, 0.3) is 0 Å².